The van der Waals surface area contributed by atoms with Crippen LogP contribution in [0.1, 0.15) is 12.8 Å². The molecule has 1 aromatic rings. The van der Waals surface area contributed by atoms with Gasteiger partial charge in [0.15, 0.2) is 0 Å². The van der Waals surface area contributed by atoms with E-state index in [1.54, 1.807) is 0 Å². The van der Waals surface area contributed by atoms with Crippen molar-refractivity contribution in [2.24, 2.45) is 5.73 Å². The Morgan fingerprint density at radius 1 is 1.38 bits per heavy atom. The first kappa shape index (κ1) is 17.4. The number of carboxylic acid groups (broad SMARTS) is 1. The van der Waals surface area contributed by atoms with Crippen molar-refractivity contribution in [1.82, 2.24) is 0 Å². The largest absolute Gasteiger partial charge is 0.480 e. The number of aliphatic carboxylic acids is 1. The van der Waals surface area contributed by atoms with Gasteiger partial charge in [-0.05, 0) is 24.6 Å². The van der Waals surface area contributed by atoms with Crippen LogP contribution in [0.4, 0.5) is 5.69 Å². The summed E-state index contributed by atoms with van der Waals surface area (Å²) in [5, 5.41) is 11.0. The number of amides is 1. The summed E-state index contributed by atoms with van der Waals surface area (Å²) in [6, 6.07) is 2.10. The normalized spacial score (nSPS) is 12.7. The van der Waals surface area contributed by atoms with E-state index in [9.17, 15) is 18.0 Å². The third-order valence-corrected chi connectivity index (χ3v) is 3.69. The van der Waals surface area contributed by atoms with Crippen molar-refractivity contribution >= 4 is 39.3 Å². The molecule has 1 atom stereocenters. The van der Waals surface area contributed by atoms with E-state index in [1.807, 2.05) is 0 Å². The maximum atomic E-state index is 11.6. The lowest BCUT2D eigenvalue weighted by Crippen LogP contribution is -2.31. The fraction of sp³-hybridized carbons (Fsp3) is 0.273. The van der Waals surface area contributed by atoms with Crippen LogP contribution in [0.25, 0.3) is 0 Å². The molecule has 1 rings (SSSR count). The van der Waals surface area contributed by atoms with Gasteiger partial charge in [0.05, 0.1) is 15.6 Å². The molecule has 1 aromatic carbocycles. The second-order valence-electron chi connectivity index (χ2n) is 4.15. The number of halogens is 1. The molecular formula is C11H13ClN2O6S. The fourth-order valence-corrected chi connectivity index (χ4v) is 2.05. The number of hydrogen-bond donors (Lipinski definition) is 4. The number of benzene rings is 1. The highest BCUT2D eigenvalue weighted by Gasteiger charge is 2.16. The Morgan fingerprint density at radius 3 is 2.52 bits per heavy atom. The second kappa shape index (κ2) is 6.85. The maximum absolute atomic E-state index is 11.6. The van der Waals surface area contributed by atoms with E-state index >= 15 is 0 Å². The number of carbonyl (C=O) groups is 2. The van der Waals surface area contributed by atoms with Crippen LogP contribution in [-0.2, 0) is 19.7 Å². The summed E-state index contributed by atoms with van der Waals surface area (Å²) in [5.74, 6) is -1.81. The number of anilines is 1. The number of nitrogens with two attached hydrogens (primary N) is 1. The number of rotatable bonds is 6. The van der Waals surface area contributed by atoms with Gasteiger partial charge in [-0.25, -0.2) is 0 Å². The van der Waals surface area contributed by atoms with Crippen LogP contribution < -0.4 is 11.1 Å². The van der Waals surface area contributed by atoms with E-state index in [0.717, 1.165) is 12.1 Å². The van der Waals surface area contributed by atoms with E-state index in [0.29, 0.717) is 0 Å². The van der Waals surface area contributed by atoms with Gasteiger partial charge in [-0.1, -0.05) is 11.6 Å². The van der Waals surface area contributed by atoms with Gasteiger partial charge in [0, 0.05) is 6.42 Å². The summed E-state index contributed by atoms with van der Waals surface area (Å²) in [7, 11) is -4.42. The molecule has 0 aromatic heterocycles. The Hall–Kier alpha value is -1.68. The lowest BCUT2D eigenvalue weighted by Gasteiger charge is -2.09. The highest BCUT2D eigenvalue weighted by molar-refractivity contribution is 7.85. The van der Waals surface area contributed by atoms with Crippen molar-refractivity contribution in [2.75, 3.05) is 5.32 Å². The predicted octanol–water partition coefficient (Wildman–Crippen LogP) is 0.717. The molecule has 0 radical (unpaired) electrons. The summed E-state index contributed by atoms with van der Waals surface area (Å²) >= 11 is 5.79. The van der Waals surface area contributed by atoms with Gasteiger partial charge in [0.25, 0.3) is 10.1 Å². The first-order chi connectivity index (χ1) is 9.61. The van der Waals surface area contributed by atoms with Crippen LogP contribution in [0.2, 0.25) is 5.02 Å². The predicted molar refractivity (Wildman–Crippen MR) is 74.7 cm³/mol. The Kier molecular flexibility index (Phi) is 5.67. The van der Waals surface area contributed by atoms with Crippen molar-refractivity contribution in [3.8, 4) is 0 Å². The van der Waals surface area contributed by atoms with Crippen molar-refractivity contribution in [1.29, 1.82) is 0 Å². The van der Waals surface area contributed by atoms with Gasteiger partial charge in [-0.15, -0.1) is 0 Å². The fourth-order valence-electron chi connectivity index (χ4n) is 1.38. The molecule has 1 amide bonds. The van der Waals surface area contributed by atoms with Gasteiger partial charge >= 0.3 is 5.97 Å². The Bertz CT molecular complexity index is 661. The van der Waals surface area contributed by atoms with E-state index in [-0.39, 0.29) is 23.6 Å². The van der Waals surface area contributed by atoms with Crippen LogP contribution in [0.3, 0.4) is 0 Å². The maximum Gasteiger partial charge on any atom is 0.320 e. The quantitative estimate of drug-likeness (QED) is 0.559. The number of nitrogens with one attached hydrogen (secondary N) is 1. The first-order valence-corrected chi connectivity index (χ1v) is 7.48. The molecule has 0 fully saturated rings. The van der Waals surface area contributed by atoms with Crippen molar-refractivity contribution in [3.05, 3.63) is 23.2 Å². The van der Waals surface area contributed by atoms with E-state index < -0.39 is 32.9 Å². The van der Waals surface area contributed by atoms with Gasteiger partial charge < -0.3 is 16.2 Å². The zero-order valence-corrected chi connectivity index (χ0v) is 12.2. The van der Waals surface area contributed by atoms with Crippen molar-refractivity contribution < 1.29 is 27.7 Å². The monoisotopic (exact) mass is 336 g/mol. The van der Waals surface area contributed by atoms with Gasteiger partial charge in [-0.2, -0.15) is 8.42 Å². The number of carbonyl (C=O) groups excluding carboxylic acids is 1. The third kappa shape index (κ3) is 5.31. The first-order valence-electron chi connectivity index (χ1n) is 5.66. The SMILES string of the molecule is N[C@@H](CCC(=O)Nc1cc(S(=O)(=O)O)ccc1Cl)C(=O)O. The van der Waals surface area contributed by atoms with Crippen molar-refractivity contribution in [2.45, 2.75) is 23.8 Å². The summed E-state index contributed by atoms with van der Waals surface area (Å²) in [6.45, 7) is 0. The molecule has 21 heavy (non-hydrogen) atoms. The minimum Gasteiger partial charge on any atom is -0.480 e. The van der Waals surface area contributed by atoms with E-state index in [2.05, 4.69) is 5.32 Å². The van der Waals surface area contributed by atoms with Crippen molar-refractivity contribution in [3.63, 3.8) is 0 Å². The minimum atomic E-state index is -4.42. The third-order valence-electron chi connectivity index (χ3n) is 2.51. The summed E-state index contributed by atoms with van der Waals surface area (Å²) < 4.78 is 30.9. The molecule has 0 saturated carbocycles. The van der Waals surface area contributed by atoms with Crippen LogP contribution in [-0.4, -0.2) is 36.0 Å². The average Bonchev–Trinajstić information content (AvgIpc) is 2.37. The second-order valence-corrected chi connectivity index (χ2v) is 5.98. The molecule has 0 heterocycles. The lowest BCUT2D eigenvalue weighted by atomic mass is 10.1. The average molecular weight is 337 g/mol. The molecule has 8 nitrogen and oxygen atoms in total. The molecule has 0 aliphatic heterocycles. The molecule has 10 heteroatoms. The van der Waals surface area contributed by atoms with Gasteiger partial charge in [0.1, 0.15) is 6.04 Å². The Balaban J connectivity index is 2.79. The smallest absolute Gasteiger partial charge is 0.320 e. The van der Waals surface area contributed by atoms with E-state index in [1.165, 1.54) is 6.07 Å². The lowest BCUT2D eigenvalue weighted by molar-refractivity contribution is -0.138. The van der Waals surface area contributed by atoms with Crippen LogP contribution in [0.5, 0.6) is 0 Å². The minimum absolute atomic E-state index is 0.0133. The summed E-state index contributed by atoms with van der Waals surface area (Å²) in [5.41, 5.74) is 5.24. The highest BCUT2D eigenvalue weighted by Crippen LogP contribution is 2.25. The number of carboxylic acids is 1. The van der Waals surface area contributed by atoms with Crippen LogP contribution in [0.15, 0.2) is 23.1 Å². The highest BCUT2D eigenvalue weighted by atomic mass is 35.5. The molecular weight excluding hydrogens is 324 g/mol. The summed E-state index contributed by atoms with van der Waals surface area (Å²) in [4.78, 5) is 21.7. The molecule has 0 unspecified atom stereocenters. The zero-order valence-electron chi connectivity index (χ0n) is 10.6. The molecule has 0 aliphatic carbocycles. The zero-order chi connectivity index (χ0) is 16.2. The molecule has 0 saturated heterocycles. The number of hydrogen-bond acceptors (Lipinski definition) is 5. The Labute approximate surface area is 125 Å². The summed E-state index contributed by atoms with van der Waals surface area (Å²) in [6.07, 6.45) is -0.267. The van der Waals surface area contributed by atoms with Gasteiger partial charge in [0.2, 0.25) is 5.91 Å². The standard InChI is InChI=1S/C11H13ClN2O6S/c12-7-2-1-6(21(18,19)20)5-9(7)14-10(15)4-3-8(13)11(16)17/h1-2,5,8H,3-4,13H2,(H,14,15)(H,16,17)(H,18,19,20)/t8-/m0/s1. The topological polar surface area (TPSA) is 147 Å². The van der Waals surface area contributed by atoms with Gasteiger partial charge in [-0.3, -0.25) is 14.1 Å². The van der Waals surface area contributed by atoms with Crippen LogP contribution >= 0.6 is 11.6 Å². The molecule has 0 spiro atoms. The molecule has 0 bridgehead atoms. The molecule has 5 N–H and O–H groups in total. The van der Waals surface area contributed by atoms with E-state index in [4.69, 9.17) is 27.0 Å². The Morgan fingerprint density at radius 2 is 2.00 bits per heavy atom. The van der Waals surface area contributed by atoms with Crippen LogP contribution in [0, 0.1) is 0 Å². The molecule has 116 valence electrons. The molecule has 0 aliphatic rings.